The van der Waals surface area contributed by atoms with Gasteiger partial charge in [-0.25, -0.2) is 0 Å². The van der Waals surface area contributed by atoms with Crippen molar-refractivity contribution < 1.29 is 4.79 Å². The summed E-state index contributed by atoms with van der Waals surface area (Å²) in [5.74, 6) is 0.193. The number of hydrogen-bond acceptors (Lipinski definition) is 2. The van der Waals surface area contributed by atoms with Crippen LogP contribution in [0.5, 0.6) is 0 Å². The number of carbonyl (C=O) groups excluding carboxylic acids is 1. The van der Waals surface area contributed by atoms with E-state index in [0.717, 1.165) is 16.5 Å². The first-order valence-electron chi connectivity index (χ1n) is 5.98. The van der Waals surface area contributed by atoms with Crippen molar-refractivity contribution in [1.82, 2.24) is 0 Å². The van der Waals surface area contributed by atoms with Gasteiger partial charge in [0.2, 0.25) is 0 Å². The molecule has 0 N–H and O–H groups in total. The standard InChI is InChI=1S/C16H11IOS/c17-12-7-5-11(6-8-12)9-15(18)14-10-19-16-4-2-1-3-13(14)16/h1-8,10H,9H2. The fourth-order valence-corrected chi connectivity index (χ4v) is 3.40. The van der Waals surface area contributed by atoms with E-state index in [2.05, 4.69) is 28.7 Å². The summed E-state index contributed by atoms with van der Waals surface area (Å²) < 4.78 is 2.36. The summed E-state index contributed by atoms with van der Waals surface area (Å²) in [7, 11) is 0. The summed E-state index contributed by atoms with van der Waals surface area (Å²) in [4.78, 5) is 12.4. The molecule has 0 aliphatic heterocycles. The lowest BCUT2D eigenvalue weighted by Crippen LogP contribution is -2.02. The molecular weight excluding hydrogens is 367 g/mol. The van der Waals surface area contributed by atoms with Crippen LogP contribution < -0.4 is 0 Å². The third-order valence-corrected chi connectivity index (χ3v) is 4.74. The van der Waals surface area contributed by atoms with Gasteiger partial charge in [-0.3, -0.25) is 4.79 Å². The molecule has 0 saturated carbocycles. The number of carbonyl (C=O) groups is 1. The van der Waals surface area contributed by atoms with Crippen LogP contribution in [0.3, 0.4) is 0 Å². The van der Waals surface area contributed by atoms with Crippen LogP contribution in [0.4, 0.5) is 0 Å². The molecule has 0 radical (unpaired) electrons. The zero-order chi connectivity index (χ0) is 13.2. The summed E-state index contributed by atoms with van der Waals surface area (Å²) in [6.45, 7) is 0. The van der Waals surface area contributed by atoms with Gasteiger partial charge in [0.05, 0.1) is 0 Å². The number of rotatable bonds is 3. The lowest BCUT2D eigenvalue weighted by atomic mass is 10.0. The van der Waals surface area contributed by atoms with Crippen LogP contribution in [0, 0.1) is 3.57 Å². The SMILES string of the molecule is O=C(Cc1ccc(I)cc1)c1csc2ccccc12. The molecule has 0 amide bonds. The van der Waals surface area contributed by atoms with Crippen LogP contribution in [-0.4, -0.2) is 5.78 Å². The van der Waals surface area contributed by atoms with E-state index in [4.69, 9.17) is 0 Å². The molecule has 3 rings (SSSR count). The quantitative estimate of drug-likeness (QED) is 0.467. The number of hydrogen-bond donors (Lipinski definition) is 0. The Morgan fingerprint density at radius 1 is 1.05 bits per heavy atom. The first-order valence-corrected chi connectivity index (χ1v) is 7.94. The minimum Gasteiger partial charge on any atom is -0.294 e. The largest absolute Gasteiger partial charge is 0.294 e. The molecule has 94 valence electrons. The highest BCUT2D eigenvalue weighted by Gasteiger charge is 2.12. The molecule has 1 aromatic heterocycles. The molecule has 0 unspecified atom stereocenters. The van der Waals surface area contributed by atoms with E-state index in [0.29, 0.717) is 6.42 Å². The fraction of sp³-hybridized carbons (Fsp3) is 0.0625. The van der Waals surface area contributed by atoms with Gasteiger partial charge in [0.15, 0.2) is 5.78 Å². The second kappa shape index (κ2) is 5.43. The molecule has 0 aliphatic rings. The highest BCUT2D eigenvalue weighted by atomic mass is 127. The Kier molecular flexibility index (Phi) is 3.66. The van der Waals surface area contributed by atoms with E-state index < -0.39 is 0 Å². The Labute approximate surface area is 129 Å². The van der Waals surface area contributed by atoms with Gasteiger partial charge in [-0.15, -0.1) is 11.3 Å². The molecule has 0 atom stereocenters. The Morgan fingerprint density at radius 2 is 1.79 bits per heavy atom. The minimum absolute atomic E-state index is 0.193. The number of halogens is 1. The van der Waals surface area contributed by atoms with Crippen LogP contribution in [-0.2, 0) is 6.42 Å². The van der Waals surface area contributed by atoms with Gasteiger partial charge in [0.1, 0.15) is 0 Å². The molecule has 1 nitrogen and oxygen atoms in total. The highest BCUT2D eigenvalue weighted by Crippen LogP contribution is 2.26. The number of ketones is 1. The van der Waals surface area contributed by atoms with Gasteiger partial charge in [-0.2, -0.15) is 0 Å². The van der Waals surface area contributed by atoms with E-state index in [1.807, 2.05) is 47.8 Å². The van der Waals surface area contributed by atoms with E-state index in [1.54, 1.807) is 11.3 Å². The maximum absolute atomic E-state index is 12.4. The van der Waals surface area contributed by atoms with Crippen LogP contribution in [0.15, 0.2) is 53.9 Å². The predicted molar refractivity (Wildman–Crippen MR) is 89.0 cm³/mol. The van der Waals surface area contributed by atoms with Crippen molar-refractivity contribution in [2.45, 2.75) is 6.42 Å². The smallest absolute Gasteiger partial charge is 0.168 e. The van der Waals surface area contributed by atoms with Gasteiger partial charge in [-0.05, 0) is 46.4 Å². The number of fused-ring (bicyclic) bond motifs is 1. The number of thiophene rings is 1. The fourth-order valence-electron chi connectivity index (χ4n) is 2.08. The number of Topliss-reactive ketones (excluding diaryl/α,β-unsaturated/α-hetero) is 1. The highest BCUT2D eigenvalue weighted by molar-refractivity contribution is 14.1. The molecule has 0 fully saturated rings. The van der Waals surface area contributed by atoms with Crippen LogP contribution >= 0.6 is 33.9 Å². The van der Waals surface area contributed by atoms with Gasteiger partial charge in [0.25, 0.3) is 0 Å². The third kappa shape index (κ3) is 2.72. The van der Waals surface area contributed by atoms with Gasteiger partial charge < -0.3 is 0 Å². The summed E-state index contributed by atoms with van der Waals surface area (Å²) in [5, 5.41) is 3.04. The maximum Gasteiger partial charge on any atom is 0.168 e. The second-order valence-electron chi connectivity index (χ2n) is 4.37. The maximum atomic E-state index is 12.4. The topological polar surface area (TPSA) is 17.1 Å². The Hall–Kier alpha value is -1.20. The molecule has 0 aliphatic carbocycles. The van der Waals surface area contributed by atoms with E-state index in [-0.39, 0.29) is 5.78 Å². The van der Waals surface area contributed by atoms with Crippen molar-refractivity contribution in [3.8, 4) is 0 Å². The van der Waals surface area contributed by atoms with Gasteiger partial charge >= 0.3 is 0 Å². The third-order valence-electron chi connectivity index (χ3n) is 3.06. The lowest BCUT2D eigenvalue weighted by molar-refractivity contribution is 0.0995. The summed E-state index contributed by atoms with van der Waals surface area (Å²) in [5.41, 5.74) is 1.92. The van der Waals surface area contributed by atoms with Crippen molar-refractivity contribution in [3.05, 3.63) is 68.6 Å². The second-order valence-corrected chi connectivity index (χ2v) is 6.53. The first kappa shape index (κ1) is 12.8. The van der Waals surface area contributed by atoms with Gasteiger partial charge in [0, 0.05) is 31.0 Å². The predicted octanol–water partition coefficient (Wildman–Crippen LogP) is 4.93. The molecule has 0 saturated heterocycles. The Bertz CT molecular complexity index is 728. The zero-order valence-corrected chi connectivity index (χ0v) is 13.1. The molecular formula is C16H11IOS. The van der Waals surface area contributed by atoms with Crippen LogP contribution in [0.25, 0.3) is 10.1 Å². The summed E-state index contributed by atoms with van der Waals surface area (Å²) in [6, 6.07) is 16.2. The van der Waals surface area contributed by atoms with Crippen molar-refractivity contribution in [2.75, 3.05) is 0 Å². The van der Waals surface area contributed by atoms with E-state index >= 15 is 0 Å². The summed E-state index contributed by atoms with van der Waals surface area (Å²) in [6.07, 6.45) is 0.470. The van der Waals surface area contributed by atoms with Crippen LogP contribution in [0.2, 0.25) is 0 Å². The molecule has 0 bridgehead atoms. The Morgan fingerprint density at radius 3 is 2.58 bits per heavy atom. The molecule has 3 heteroatoms. The number of benzene rings is 2. The molecule has 19 heavy (non-hydrogen) atoms. The average Bonchev–Trinajstić information content (AvgIpc) is 2.85. The van der Waals surface area contributed by atoms with Crippen molar-refractivity contribution >= 4 is 49.8 Å². The zero-order valence-electron chi connectivity index (χ0n) is 10.1. The van der Waals surface area contributed by atoms with E-state index in [1.165, 1.54) is 8.27 Å². The van der Waals surface area contributed by atoms with E-state index in [9.17, 15) is 4.79 Å². The summed E-state index contributed by atoms with van der Waals surface area (Å²) >= 11 is 3.90. The molecule has 2 aromatic carbocycles. The molecule has 1 heterocycles. The average molecular weight is 378 g/mol. The van der Waals surface area contributed by atoms with Crippen molar-refractivity contribution in [1.29, 1.82) is 0 Å². The minimum atomic E-state index is 0.193. The van der Waals surface area contributed by atoms with Crippen molar-refractivity contribution in [2.24, 2.45) is 0 Å². The normalized spacial score (nSPS) is 10.8. The van der Waals surface area contributed by atoms with Crippen LogP contribution in [0.1, 0.15) is 15.9 Å². The monoisotopic (exact) mass is 378 g/mol. The Balaban J connectivity index is 1.90. The molecule has 0 spiro atoms. The van der Waals surface area contributed by atoms with Gasteiger partial charge in [-0.1, -0.05) is 30.3 Å². The van der Waals surface area contributed by atoms with Crippen molar-refractivity contribution in [3.63, 3.8) is 0 Å². The molecule has 3 aromatic rings. The lowest BCUT2D eigenvalue weighted by Gasteiger charge is -2.01. The first-order chi connectivity index (χ1) is 9.24.